The molecular weight excluding hydrogens is 254 g/mol. The molecule has 0 fully saturated rings. The number of para-hydroxylation sites is 4. The SMILES string of the molecule is COc1ccccc1NC(=O)c1nc2ccccc2[nH]1. The maximum Gasteiger partial charge on any atom is 0.291 e. The first-order valence-corrected chi connectivity index (χ1v) is 6.17. The topological polar surface area (TPSA) is 67.0 Å². The Hall–Kier alpha value is -2.82. The van der Waals surface area contributed by atoms with Crippen LogP contribution in [0.3, 0.4) is 0 Å². The zero-order chi connectivity index (χ0) is 13.9. The van der Waals surface area contributed by atoms with Crippen molar-refractivity contribution < 1.29 is 9.53 Å². The average Bonchev–Trinajstić information content (AvgIpc) is 2.92. The van der Waals surface area contributed by atoms with E-state index in [1.807, 2.05) is 36.4 Å². The molecule has 20 heavy (non-hydrogen) atoms. The number of hydrogen-bond acceptors (Lipinski definition) is 3. The molecule has 0 aliphatic rings. The summed E-state index contributed by atoms with van der Waals surface area (Å²) in [7, 11) is 1.56. The van der Waals surface area contributed by atoms with Crippen LogP contribution in [-0.4, -0.2) is 23.0 Å². The number of aromatic nitrogens is 2. The number of rotatable bonds is 3. The minimum Gasteiger partial charge on any atom is -0.495 e. The highest BCUT2D eigenvalue weighted by atomic mass is 16.5. The Bertz CT molecular complexity index is 731. The zero-order valence-corrected chi connectivity index (χ0v) is 10.9. The lowest BCUT2D eigenvalue weighted by Gasteiger charge is -2.08. The van der Waals surface area contributed by atoms with Crippen molar-refractivity contribution >= 4 is 22.6 Å². The molecule has 0 unspecified atom stereocenters. The van der Waals surface area contributed by atoms with Gasteiger partial charge in [0.25, 0.3) is 5.91 Å². The van der Waals surface area contributed by atoms with E-state index in [4.69, 9.17) is 4.74 Å². The van der Waals surface area contributed by atoms with E-state index in [9.17, 15) is 4.79 Å². The van der Waals surface area contributed by atoms with Gasteiger partial charge < -0.3 is 15.0 Å². The molecule has 5 nitrogen and oxygen atoms in total. The number of nitrogens with one attached hydrogen (secondary N) is 2. The minimum absolute atomic E-state index is 0.275. The number of nitrogens with zero attached hydrogens (tertiary/aromatic N) is 1. The van der Waals surface area contributed by atoms with Crippen molar-refractivity contribution in [1.82, 2.24) is 9.97 Å². The van der Waals surface area contributed by atoms with Crippen LogP contribution in [0, 0.1) is 0 Å². The molecule has 3 rings (SSSR count). The first kappa shape index (κ1) is 12.2. The number of ether oxygens (including phenoxy) is 1. The standard InChI is InChI=1S/C15H13N3O2/c1-20-13-9-5-4-8-12(13)18-15(19)14-16-10-6-2-3-7-11(10)17-14/h2-9H,1H3,(H,16,17)(H,18,19). The number of carbonyl (C=O) groups excluding carboxylic acids is 1. The molecule has 0 saturated heterocycles. The van der Waals surface area contributed by atoms with Crippen molar-refractivity contribution in [3.05, 3.63) is 54.4 Å². The van der Waals surface area contributed by atoms with Gasteiger partial charge in [0.1, 0.15) is 5.75 Å². The Morgan fingerprint density at radius 1 is 1.15 bits per heavy atom. The van der Waals surface area contributed by atoms with E-state index < -0.39 is 0 Å². The molecule has 3 aromatic rings. The lowest BCUT2D eigenvalue weighted by molar-refractivity contribution is 0.101. The highest BCUT2D eigenvalue weighted by Crippen LogP contribution is 2.23. The summed E-state index contributed by atoms with van der Waals surface area (Å²) in [5.74, 6) is 0.583. The number of H-pyrrole nitrogens is 1. The van der Waals surface area contributed by atoms with Gasteiger partial charge in [0, 0.05) is 0 Å². The second kappa shape index (κ2) is 5.05. The van der Waals surface area contributed by atoms with Crippen LogP contribution in [0.1, 0.15) is 10.6 Å². The number of anilines is 1. The van der Waals surface area contributed by atoms with E-state index in [1.54, 1.807) is 19.2 Å². The number of benzene rings is 2. The third-order valence-corrected chi connectivity index (χ3v) is 2.96. The average molecular weight is 267 g/mol. The number of carbonyl (C=O) groups is 1. The molecule has 0 radical (unpaired) electrons. The molecular formula is C15H13N3O2. The lowest BCUT2D eigenvalue weighted by Crippen LogP contribution is -2.14. The van der Waals surface area contributed by atoms with Crippen molar-refractivity contribution in [1.29, 1.82) is 0 Å². The smallest absolute Gasteiger partial charge is 0.291 e. The van der Waals surface area contributed by atoms with Crippen molar-refractivity contribution in [3.63, 3.8) is 0 Å². The van der Waals surface area contributed by atoms with Crippen LogP contribution < -0.4 is 10.1 Å². The normalized spacial score (nSPS) is 10.4. The van der Waals surface area contributed by atoms with Crippen LogP contribution in [-0.2, 0) is 0 Å². The fourth-order valence-corrected chi connectivity index (χ4v) is 1.99. The van der Waals surface area contributed by atoms with Gasteiger partial charge in [0.2, 0.25) is 0 Å². The summed E-state index contributed by atoms with van der Waals surface area (Å²) in [4.78, 5) is 19.4. The zero-order valence-electron chi connectivity index (χ0n) is 10.9. The number of fused-ring (bicyclic) bond motifs is 1. The largest absolute Gasteiger partial charge is 0.495 e. The van der Waals surface area contributed by atoms with Gasteiger partial charge in [-0.05, 0) is 24.3 Å². The van der Waals surface area contributed by atoms with Crippen LogP contribution in [0.4, 0.5) is 5.69 Å². The van der Waals surface area contributed by atoms with E-state index in [0.717, 1.165) is 11.0 Å². The molecule has 1 amide bonds. The van der Waals surface area contributed by atoms with E-state index in [-0.39, 0.29) is 11.7 Å². The van der Waals surface area contributed by atoms with E-state index in [0.29, 0.717) is 11.4 Å². The second-order valence-electron chi connectivity index (χ2n) is 4.26. The molecule has 2 N–H and O–H groups in total. The molecule has 2 aromatic carbocycles. The van der Waals surface area contributed by atoms with Crippen LogP contribution in [0.25, 0.3) is 11.0 Å². The molecule has 0 aliphatic carbocycles. The first-order chi connectivity index (χ1) is 9.78. The summed E-state index contributed by atoms with van der Waals surface area (Å²) in [5.41, 5.74) is 2.20. The highest BCUT2D eigenvalue weighted by molar-refractivity contribution is 6.04. The quantitative estimate of drug-likeness (QED) is 0.766. The van der Waals surface area contributed by atoms with Gasteiger partial charge in [-0.25, -0.2) is 4.98 Å². The second-order valence-corrected chi connectivity index (χ2v) is 4.26. The molecule has 100 valence electrons. The number of imidazole rings is 1. The van der Waals surface area contributed by atoms with Gasteiger partial charge in [0.05, 0.1) is 23.8 Å². The molecule has 5 heteroatoms. The van der Waals surface area contributed by atoms with E-state index in [1.165, 1.54) is 0 Å². The van der Waals surface area contributed by atoms with Crippen molar-refractivity contribution in [2.75, 3.05) is 12.4 Å². The molecule has 0 saturated carbocycles. The number of aromatic amines is 1. The lowest BCUT2D eigenvalue weighted by atomic mass is 10.3. The van der Waals surface area contributed by atoms with Crippen molar-refractivity contribution in [2.24, 2.45) is 0 Å². The van der Waals surface area contributed by atoms with E-state index >= 15 is 0 Å². The van der Waals surface area contributed by atoms with Gasteiger partial charge in [-0.1, -0.05) is 24.3 Å². The molecule has 0 bridgehead atoms. The molecule has 1 heterocycles. The summed E-state index contributed by atoms with van der Waals surface area (Å²) in [6.07, 6.45) is 0. The van der Waals surface area contributed by atoms with Gasteiger partial charge in [-0.2, -0.15) is 0 Å². The molecule has 0 spiro atoms. The Morgan fingerprint density at radius 2 is 1.90 bits per heavy atom. The minimum atomic E-state index is -0.300. The monoisotopic (exact) mass is 267 g/mol. The van der Waals surface area contributed by atoms with Crippen LogP contribution in [0.5, 0.6) is 5.75 Å². The molecule has 0 atom stereocenters. The fraction of sp³-hybridized carbons (Fsp3) is 0.0667. The van der Waals surface area contributed by atoms with Crippen LogP contribution in [0.2, 0.25) is 0 Å². The maximum atomic E-state index is 12.2. The van der Waals surface area contributed by atoms with Gasteiger partial charge >= 0.3 is 0 Å². The van der Waals surface area contributed by atoms with Crippen molar-refractivity contribution in [3.8, 4) is 5.75 Å². The number of hydrogen-bond donors (Lipinski definition) is 2. The summed E-state index contributed by atoms with van der Waals surface area (Å²) >= 11 is 0. The van der Waals surface area contributed by atoms with Gasteiger partial charge in [0.15, 0.2) is 5.82 Å². The fourth-order valence-electron chi connectivity index (χ4n) is 1.99. The summed E-state index contributed by atoms with van der Waals surface area (Å²) in [6.45, 7) is 0. The molecule has 1 aromatic heterocycles. The predicted octanol–water partition coefficient (Wildman–Crippen LogP) is 2.82. The number of methoxy groups -OCH3 is 1. The number of amides is 1. The first-order valence-electron chi connectivity index (χ1n) is 6.17. The van der Waals surface area contributed by atoms with E-state index in [2.05, 4.69) is 15.3 Å². The van der Waals surface area contributed by atoms with Crippen LogP contribution in [0.15, 0.2) is 48.5 Å². The Morgan fingerprint density at radius 3 is 2.70 bits per heavy atom. The third-order valence-electron chi connectivity index (χ3n) is 2.96. The van der Waals surface area contributed by atoms with Crippen molar-refractivity contribution in [2.45, 2.75) is 0 Å². The highest BCUT2D eigenvalue weighted by Gasteiger charge is 2.13. The van der Waals surface area contributed by atoms with Gasteiger partial charge in [-0.3, -0.25) is 4.79 Å². The molecule has 0 aliphatic heterocycles. The van der Waals surface area contributed by atoms with Crippen LogP contribution >= 0.6 is 0 Å². The maximum absolute atomic E-state index is 12.2. The Balaban J connectivity index is 1.89. The third kappa shape index (κ3) is 2.21. The summed E-state index contributed by atoms with van der Waals surface area (Å²) < 4.78 is 5.20. The summed E-state index contributed by atoms with van der Waals surface area (Å²) in [6, 6.07) is 14.7. The Labute approximate surface area is 115 Å². The van der Waals surface area contributed by atoms with Gasteiger partial charge in [-0.15, -0.1) is 0 Å². The Kier molecular flexibility index (Phi) is 3.09. The predicted molar refractivity (Wildman–Crippen MR) is 77.0 cm³/mol. The summed E-state index contributed by atoms with van der Waals surface area (Å²) in [5, 5.41) is 2.78.